The standard InChI is InChI=1S/C15H19NO3S/c1-9(2)13(15(18)19)16-14(17)11-7-8-20-12-6-4-3-5-10(11)12/h3-6,9,11,13H,7-8H2,1-2H3,(H,16,17)(H,18,19)/t11?,13-/m0/s1. The van der Waals surface area contributed by atoms with Gasteiger partial charge in [-0.3, -0.25) is 4.79 Å². The summed E-state index contributed by atoms with van der Waals surface area (Å²) < 4.78 is 0. The highest BCUT2D eigenvalue weighted by atomic mass is 32.2. The molecule has 1 heterocycles. The van der Waals surface area contributed by atoms with Crippen molar-refractivity contribution in [3.05, 3.63) is 29.8 Å². The van der Waals surface area contributed by atoms with Crippen molar-refractivity contribution >= 4 is 23.6 Å². The number of amides is 1. The number of benzene rings is 1. The van der Waals surface area contributed by atoms with Crippen molar-refractivity contribution in [2.75, 3.05) is 5.75 Å². The van der Waals surface area contributed by atoms with E-state index in [1.54, 1.807) is 25.6 Å². The van der Waals surface area contributed by atoms with Gasteiger partial charge >= 0.3 is 5.97 Å². The van der Waals surface area contributed by atoms with Crippen LogP contribution in [0.5, 0.6) is 0 Å². The number of rotatable bonds is 4. The topological polar surface area (TPSA) is 66.4 Å². The van der Waals surface area contributed by atoms with Gasteiger partial charge in [-0.1, -0.05) is 32.0 Å². The third kappa shape index (κ3) is 3.15. The second kappa shape index (κ2) is 6.31. The molecule has 4 nitrogen and oxygen atoms in total. The molecule has 0 fully saturated rings. The average Bonchev–Trinajstić information content (AvgIpc) is 2.43. The summed E-state index contributed by atoms with van der Waals surface area (Å²) in [5.41, 5.74) is 1.01. The van der Waals surface area contributed by atoms with Crippen LogP contribution < -0.4 is 5.32 Å². The summed E-state index contributed by atoms with van der Waals surface area (Å²) >= 11 is 1.75. The van der Waals surface area contributed by atoms with Crippen LogP contribution in [0.15, 0.2) is 29.2 Å². The van der Waals surface area contributed by atoms with E-state index in [-0.39, 0.29) is 17.7 Å². The molecule has 0 saturated heterocycles. The Labute approximate surface area is 123 Å². The molecule has 1 aliphatic rings. The predicted octanol–water partition coefficient (Wildman–Crippen LogP) is 2.49. The highest BCUT2D eigenvalue weighted by Gasteiger charge is 2.31. The van der Waals surface area contributed by atoms with E-state index in [1.165, 1.54) is 0 Å². The lowest BCUT2D eigenvalue weighted by atomic mass is 9.93. The molecule has 0 aromatic heterocycles. The van der Waals surface area contributed by atoms with E-state index >= 15 is 0 Å². The van der Waals surface area contributed by atoms with Crippen molar-refractivity contribution < 1.29 is 14.7 Å². The summed E-state index contributed by atoms with van der Waals surface area (Å²) in [6.07, 6.45) is 0.748. The van der Waals surface area contributed by atoms with Crippen molar-refractivity contribution in [3.8, 4) is 0 Å². The van der Waals surface area contributed by atoms with Crippen LogP contribution in [0.1, 0.15) is 31.7 Å². The number of hydrogen-bond donors (Lipinski definition) is 2. The van der Waals surface area contributed by atoms with Crippen molar-refractivity contribution in [2.24, 2.45) is 5.92 Å². The number of fused-ring (bicyclic) bond motifs is 1. The quantitative estimate of drug-likeness (QED) is 0.895. The maximum atomic E-state index is 12.4. The predicted molar refractivity (Wildman–Crippen MR) is 78.9 cm³/mol. The van der Waals surface area contributed by atoms with E-state index < -0.39 is 12.0 Å². The minimum absolute atomic E-state index is 0.135. The maximum absolute atomic E-state index is 12.4. The largest absolute Gasteiger partial charge is 0.480 e. The zero-order chi connectivity index (χ0) is 14.7. The van der Waals surface area contributed by atoms with Gasteiger partial charge in [-0.25, -0.2) is 4.79 Å². The Kier molecular flexibility index (Phi) is 4.70. The number of carbonyl (C=O) groups is 2. The number of carboxylic acids is 1. The molecule has 1 aliphatic heterocycles. The van der Waals surface area contributed by atoms with E-state index in [0.29, 0.717) is 0 Å². The molecule has 0 radical (unpaired) electrons. The van der Waals surface area contributed by atoms with Crippen molar-refractivity contribution in [3.63, 3.8) is 0 Å². The fourth-order valence-electron chi connectivity index (χ4n) is 2.38. The summed E-state index contributed by atoms with van der Waals surface area (Å²) in [5, 5.41) is 11.8. The molecule has 2 rings (SSSR count). The smallest absolute Gasteiger partial charge is 0.326 e. The first kappa shape index (κ1) is 14.9. The van der Waals surface area contributed by atoms with E-state index in [0.717, 1.165) is 22.6 Å². The second-order valence-corrected chi connectivity index (χ2v) is 6.43. The van der Waals surface area contributed by atoms with Crippen LogP contribution in [0.2, 0.25) is 0 Å². The summed E-state index contributed by atoms with van der Waals surface area (Å²) in [6, 6.07) is 7.01. The SMILES string of the molecule is CC(C)[C@H](NC(=O)C1CCSc2ccccc21)C(=O)O. The maximum Gasteiger partial charge on any atom is 0.326 e. The van der Waals surface area contributed by atoms with Crippen LogP contribution in [0.25, 0.3) is 0 Å². The normalized spacial score (nSPS) is 19.2. The Morgan fingerprint density at radius 2 is 2.05 bits per heavy atom. The first-order valence-corrected chi connectivity index (χ1v) is 7.74. The number of hydrogen-bond acceptors (Lipinski definition) is 3. The van der Waals surface area contributed by atoms with Gasteiger partial charge in [0.05, 0.1) is 5.92 Å². The Bertz CT molecular complexity index is 516. The Morgan fingerprint density at radius 3 is 2.70 bits per heavy atom. The monoisotopic (exact) mass is 293 g/mol. The zero-order valence-corrected chi connectivity index (χ0v) is 12.4. The van der Waals surface area contributed by atoms with Gasteiger partial charge in [0.25, 0.3) is 0 Å². The summed E-state index contributed by atoms with van der Waals surface area (Å²) in [4.78, 5) is 24.7. The minimum Gasteiger partial charge on any atom is -0.480 e. The molecule has 0 aliphatic carbocycles. The minimum atomic E-state index is -0.980. The molecular weight excluding hydrogens is 274 g/mol. The fraction of sp³-hybridized carbons (Fsp3) is 0.467. The average molecular weight is 293 g/mol. The summed E-state index contributed by atoms with van der Waals surface area (Å²) in [7, 11) is 0. The summed E-state index contributed by atoms with van der Waals surface area (Å²) in [5.74, 6) is -0.655. The molecule has 1 aromatic carbocycles. The number of carbonyl (C=O) groups excluding carboxylic acids is 1. The molecule has 1 aromatic rings. The van der Waals surface area contributed by atoms with Gasteiger partial charge in [0.15, 0.2) is 0 Å². The second-order valence-electron chi connectivity index (χ2n) is 5.30. The molecule has 2 N–H and O–H groups in total. The third-order valence-corrected chi connectivity index (χ3v) is 4.63. The van der Waals surface area contributed by atoms with Crippen LogP contribution in [0.4, 0.5) is 0 Å². The van der Waals surface area contributed by atoms with Gasteiger partial charge in [0, 0.05) is 4.90 Å². The summed E-state index contributed by atoms with van der Waals surface area (Å²) in [6.45, 7) is 3.59. The molecule has 0 bridgehead atoms. The van der Waals surface area contributed by atoms with Crippen LogP contribution in [-0.4, -0.2) is 28.8 Å². The highest BCUT2D eigenvalue weighted by molar-refractivity contribution is 7.99. The van der Waals surface area contributed by atoms with Crippen molar-refractivity contribution in [2.45, 2.75) is 37.1 Å². The van der Waals surface area contributed by atoms with E-state index in [9.17, 15) is 9.59 Å². The molecule has 108 valence electrons. The zero-order valence-electron chi connectivity index (χ0n) is 11.6. The molecule has 0 saturated carbocycles. The Morgan fingerprint density at radius 1 is 1.35 bits per heavy atom. The van der Waals surface area contributed by atoms with Gasteiger partial charge in [-0.05, 0) is 29.7 Å². The third-order valence-electron chi connectivity index (χ3n) is 3.51. The molecular formula is C15H19NO3S. The van der Waals surface area contributed by atoms with Crippen LogP contribution >= 0.6 is 11.8 Å². The highest BCUT2D eigenvalue weighted by Crippen LogP contribution is 2.37. The Hall–Kier alpha value is -1.49. The number of thioether (sulfide) groups is 1. The number of carboxylic acid groups (broad SMARTS) is 1. The molecule has 1 unspecified atom stereocenters. The van der Waals surface area contributed by atoms with Crippen LogP contribution in [-0.2, 0) is 9.59 Å². The lowest BCUT2D eigenvalue weighted by molar-refractivity contribution is -0.143. The Balaban J connectivity index is 2.16. The number of nitrogens with one attached hydrogen (secondary N) is 1. The first-order chi connectivity index (χ1) is 9.50. The molecule has 5 heteroatoms. The van der Waals surface area contributed by atoms with Crippen LogP contribution in [0, 0.1) is 5.92 Å². The molecule has 20 heavy (non-hydrogen) atoms. The van der Waals surface area contributed by atoms with Gasteiger partial charge in [0.1, 0.15) is 6.04 Å². The number of aliphatic carboxylic acids is 1. The van der Waals surface area contributed by atoms with Crippen molar-refractivity contribution in [1.29, 1.82) is 0 Å². The fourth-order valence-corrected chi connectivity index (χ4v) is 3.51. The van der Waals surface area contributed by atoms with Gasteiger partial charge in [-0.2, -0.15) is 0 Å². The van der Waals surface area contributed by atoms with Gasteiger partial charge in [-0.15, -0.1) is 11.8 Å². The van der Waals surface area contributed by atoms with Crippen molar-refractivity contribution in [1.82, 2.24) is 5.32 Å². The van der Waals surface area contributed by atoms with E-state index in [2.05, 4.69) is 5.32 Å². The lowest BCUT2D eigenvalue weighted by Gasteiger charge is -2.26. The van der Waals surface area contributed by atoms with Gasteiger partial charge < -0.3 is 10.4 Å². The van der Waals surface area contributed by atoms with Gasteiger partial charge in [0.2, 0.25) is 5.91 Å². The molecule has 1 amide bonds. The lowest BCUT2D eigenvalue weighted by Crippen LogP contribution is -2.46. The van der Waals surface area contributed by atoms with E-state index in [4.69, 9.17) is 5.11 Å². The van der Waals surface area contributed by atoms with E-state index in [1.807, 2.05) is 24.3 Å². The molecule has 2 atom stereocenters. The molecule has 0 spiro atoms. The first-order valence-electron chi connectivity index (χ1n) is 6.75. The van der Waals surface area contributed by atoms with Crippen LogP contribution in [0.3, 0.4) is 0 Å².